The second-order valence-electron chi connectivity index (χ2n) is 21.8. The van der Waals surface area contributed by atoms with E-state index in [1.54, 1.807) is 6.08 Å². The quantitative estimate of drug-likeness (QED) is 0.0149. The number of unbranched alkanes of at least 4 members (excludes halogenated alkanes) is 30. The van der Waals surface area contributed by atoms with Crippen LogP contribution in [0.1, 0.15) is 265 Å². The van der Waals surface area contributed by atoms with Gasteiger partial charge in [-0.05, 0) is 77.0 Å². The van der Waals surface area contributed by atoms with Crippen molar-refractivity contribution in [1.29, 1.82) is 0 Å². The molecule has 0 aromatic rings. The molecule has 1 aliphatic rings. The number of carbonyl (C=O) groups is 2. The fourth-order valence-electron chi connectivity index (χ4n) is 9.57. The van der Waals surface area contributed by atoms with Gasteiger partial charge in [-0.1, -0.05) is 266 Å². The molecule has 1 amide bonds. The van der Waals surface area contributed by atoms with Crippen molar-refractivity contribution in [3.63, 3.8) is 0 Å². The first kappa shape index (κ1) is 72.9. The highest BCUT2D eigenvalue weighted by atomic mass is 16.7. The van der Waals surface area contributed by atoms with Gasteiger partial charge < -0.3 is 45.1 Å². The topological polar surface area (TPSA) is 175 Å². The van der Waals surface area contributed by atoms with Crippen LogP contribution in [0, 0.1) is 0 Å². The highest BCUT2D eigenvalue weighted by molar-refractivity contribution is 5.80. The largest absolute Gasteiger partial charge is 0.454 e. The van der Waals surface area contributed by atoms with Crippen LogP contribution in [-0.4, -0.2) is 99.6 Å². The molecule has 450 valence electrons. The molecule has 8 atom stereocenters. The number of esters is 1. The predicted molar refractivity (Wildman–Crippen MR) is 324 cm³/mol. The molecule has 0 radical (unpaired) electrons. The summed E-state index contributed by atoms with van der Waals surface area (Å²) in [5.74, 6) is -1.22. The SMILES string of the molecule is CC/C=C/C=C/C=C/C=C\CCCCCCC(O)C(=O)NC(COC1OC(CO)C(O)C(O)C1OC(=O)CCCCCCCCCCCCCCC/C=C\C/C=C\CCCCC)C(O)/C=C/CCCCCCCCCCCC. The van der Waals surface area contributed by atoms with Gasteiger partial charge in [0.1, 0.15) is 24.4 Å². The summed E-state index contributed by atoms with van der Waals surface area (Å²) in [7, 11) is 0. The Morgan fingerprint density at radius 1 is 0.526 bits per heavy atom. The maximum atomic E-state index is 13.4. The second-order valence-corrected chi connectivity index (χ2v) is 21.8. The molecule has 0 saturated carbocycles. The van der Waals surface area contributed by atoms with Crippen molar-refractivity contribution in [2.75, 3.05) is 13.2 Å². The smallest absolute Gasteiger partial charge is 0.306 e. The maximum Gasteiger partial charge on any atom is 0.306 e. The Labute approximate surface area is 476 Å². The molecule has 0 aromatic carbocycles. The minimum Gasteiger partial charge on any atom is -0.454 e. The van der Waals surface area contributed by atoms with Crippen molar-refractivity contribution in [3.05, 3.63) is 85.1 Å². The molecule has 11 nitrogen and oxygen atoms in total. The summed E-state index contributed by atoms with van der Waals surface area (Å²) >= 11 is 0. The number of amides is 1. The van der Waals surface area contributed by atoms with Crippen LogP contribution < -0.4 is 5.32 Å². The number of nitrogens with one attached hydrogen (secondary N) is 1. The number of rotatable bonds is 53. The molecule has 0 spiro atoms. The first-order chi connectivity index (χ1) is 38.2. The normalized spacial score (nSPS) is 19.5. The number of hydrogen-bond acceptors (Lipinski definition) is 10. The number of ether oxygens (including phenoxy) is 3. The van der Waals surface area contributed by atoms with Crippen molar-refractivity contribution in [1.82, 2.24) is 5.32 Å². The van der Waals surface area contributed by atoms with Crippen LogP contribution in [0.25, 0.3) is 0 Å². The first-order valence-corrected chi connectivity index (χ1v) is 31.9. The van der Waals surface area contributed by atoms with E-state index in [0.29, 0.717) is 12.8 Å². The summed E-state index contributed by atoms with van der Waals surface area (Å²) < 4.78 is 17.6. The lowest BCUT2D eigenvalue weighted by atomic mass is 9.99. The molecule has 0 aliphatic carbocycles. The number of aliphatic hydroxyl groups excluding tert-OH is 5. The lowest BCUT2D eigenvalue weighted by molar-refractivity contribution is -0.305. The molecule has 6 N–H and O–H groups in total. The standard InChI is InChI=1S/C67H117NO10/c1-4-7-10-13-16-19-22-25-27-28-29-30-31-32-33-34-35-37-40-43-46-49-52-55-62(72)78-65-64(74)63(73)61(56-69)77-67(65)76-57-58(59(70)53-50-47-44-41-38-24-21-18-15-12-9-6-3)68-66(75)60(71)54-51-48-45-42-39-36-26-23-20-17-14-11-8-5-2/h8,11,14,16-17,19-20,23,25-27,36,50,53,58-61,63-65,67,69-71,73-74H,4-7,9-10,12-13,15,18,21-22,24,28-35,37-49,51-52,54-57H2,1-3H3,(H,68,75)/b11-8+,17-14+,19-16-,23-20+,27-25-,36-26-,53-50+. The molecule has 1 rings (SSSR count). The fourth-order valence-corrected chi connectivity index (χ4v) is 9.57. The van der Waals surface area contributed by atoms with Gasteiger partial charge in [-0.15, -0.1) is 0 Å². The summed E-state index contributed by atoms with van der Waals surface area (Å²) in [6.45, 7) is 5.61. The third-order valence-corrected chi connectivity index (χ3v) is 14.6. The van der Waals surface area contributed by atoms with Gasteiger partial charge in [0.15, 0.2) is 12.4 Å². The maximum absolute atomic E-state index is 13.4. The van der Waals surface area contributed by atoms with E-state index in [9.17, 15) is 35.1 Å². The number of hydrogen-bond donors (Lipinski definition) is 6. The minimum absolute atomic E-state index is 0.117. The molecular weight excluding hydrogens is 979 g/mol. The van der Waals surface area contributed by atoms with Gasteiger partial charge in [0.2, 0.25) is 5.91 Å². The zero-order valence-corrected chi connectivity index (χ0v) is 49.8. The molecule has 11 heteroatoms. The van der Waals surface area contributed by atoms with E-state index in [-0.39, 0.29) is 19.4 Å². The van der Waals surface area contributed by atoms with Gasteiger partial charge in [-0.3, -0.25) is 9.59 Å². The van der Waals surface area contributed by atoms with Crippen molar-refractivity contribution >= 4 is 11.9 Å². The van der Waals surface area contributed by atoms with E-state index in [4.69, 9.17) is 14.2 Å². The molecule has 0 bridgehead atoms. The summed E-state index contributed by atoms with van der Waals surface area (Å²) in [5, 5.41) is 57.0. The average molecular weight is 1100 g/mol. The Morgan fingerprint density at radius 2 is 0.974 bits per heavy atom. The number of aliphatic hydroxyl groups is 5. The Balaban J connectivity index is 2.63. The van der Waals surface area contributed by atoms with Crippen LogP contribution in [0.2, 0.25) is 0 Å². The second kappa shape index (κ2) is 54.4. The van der Waals surface area contributed by atoms with Crippen LogP contribution in [0.5, 0.6) is 0 Å². The van der Waals surface area contributed by atoms with E-state index in [2.05, 4.69) is 62.5 Å². The van der Waals surface area contributed by atoms with Crippen LogP contribution in [0.15, 0.2) is 85.1 Å². The Morgan fingerprint density at radius 3 is 1.51 bits per heavy atom. The van der Waals surface area contributed by atoms with Crippen LogP contribution in [0.3, 0.4) is 0 Å². The summed E-state index contributed by atoms with van der Waals surface area (Å²) in [4.78, 5) is 26.5. The molecular formula is C67H117NO10. The molecule has 1 heterocycles. The third-order valence-electron chi connectivity index (χ3n) is 14.6. The molecule has 1 saturated heterocycles. The third kappa shape index (κ3) is 41.8. The summed E-state index contributed by atoms with van der Waals surface area (Å²) in [6.07, 6.45) is 60.5. The van der Waals surface area contributed by atoms with Gasteiger partial charge in [0.25, 0.3) is 0 Å². The Kier molecular flexibility index (Phi) is 50.8. The van der Waals surface area contributed by atoms with Crippen molar-refractivity contribution < 1.29 is 49.3 Å². The van der Waals surface area contributed by atoms with Gasteiger partial charge in [-0.2, -0.15) is 0 Å². The zero-order valence-electron chi connectivity index (χ0n) is 49.8. The van der Waals surface area contributed by atoms with Crippen LogP contribution in [-0.2, 0) is 23.8 Å². The lowest BCUT2D eigenvalue weighted by Crippen LogP contribution is -2.61. The first-order valence-electron chi connectivity index (χ1n) is 31.9. The van der Waals surface area contributed by atoms with Gasteiger partial charge in [0.05, 0.1) is 25.4 Å². The molecule has 8 unspecified atom stereocenters. The summed E-state index contributed by atoms with van der Waals surface area (Å²) in [6, 6.07) is -1.04. The molecule has 78 heavy (non-hydrogen) atoms. The summed E-state index contributed by atoms with van der Waals surface area (Å²) in [5.41, 5.74) is 0. The number of carbonyl (C=O) groups excluding carboxylic acids is 2. The van der Waals surface area contributed by atoms with E-state index in [1.165, 1.54) is 141 Å². The Bertz CT molecular complexity index is 1590. The van der Waals surface area contributed by atoms with Gasteiger partial charge in [0, 0.05) is 6.42 Å². The highest BCUT2D eigenvalue weighted by Gasteiger charge is 2.47. The zero-order chi connectivity index (χ0) is 56.8. The van der Waals surface area contributed by atoms with E-state index < -0.39 is 67.4 Å². The Hall–Kier alpha value is -3.16. The van der Waals surface area contributed by atoms with Crippen LogP contribution >= 0.6 is 0 Å². The molecule has 0 aromatic heterocycles. The average Bonchev–Trinajstić information content (AvgIpc) is 3.45. The minimum atomic E-state index is -1.62. The van der Waals surface area contributed by atoms with E-state index in [1.807, 2.05) is 42.5 Å². The van der Waals surface area contributed by atoms with Crippen LogP contribution in [0.4, 0.5) is 0 Å². The van der Waals surface area contributed by atoms with Crippen molar-refractivity contribution in [3.8, 4) is 0 Å². The number of allylic oxidation sites excluding steroid dienone is 13. The van der Waals surface area contributed by atoms with Crippen molar-refractivity contribution in [2.24, 2.45) is 0 Å². The predicted octanol–water partition coefficient (Wildman–Crippen LogP) is 15.3. The molecule has 1 fully saturated rings. The van der Waals surface area contributed by atoms with E-state index in [0.717, 1.165) is 77.0 Å². The fraction of sp³-hybridized carbons (Fsp3) is 0.761. The van der Waals surface area contributed by atoms with Crippen molar-refractivity contribution in [2.45, 2.75) is 314 Å². The van der Waals surface area contributed by atoms with E-state index >= 15 is 0 Å². The highest BCUT2D eigenvalue weighted by Crippen LogP contribution is 2.26. The van der Waals surface area contributed by atoms with Gasteiger partial charge >= 0.3 is 5.97 Å². The van der Waals surface area contributed by atoms with Gasteiger partial charge in [-0.25, -0.2) is 0 Å². The molecule has 1 aliphatic heterocycles. The monoisotopic (exact) mass is 1100 g/mol. The lowest BCUT2D eigenvalue weighted by Gasteiger charge is -2.41.